The highest BCUT2D eigenvalue weighted by atomic mass is 35.5. The molecule has 4 nitrogen and oxygen atoms in total. The van der Waals surface area contributed by atoms with Gasteiger partial charge in [0.2, 0.25) is 0 Å². The second kappa shape index (κ2) is 12.0. The molecule has 2 aliphatic rings. The van der Waals surface area contributed by atoms with Crippen LogP contribution in [-0.2, 0) is 4.74 Å². The second-order valence-corrected chi connectivity index (χ2v) is 8.30. The Kier molecular flexibility index (Phi) is 10.4. The number of halogens is 1. The van der Waals surface area contributed by atoms with Crippen molar-refractivity contribution in [2.24, 2.45) is 5.41 Å². The molecule has 3 N–H and O–H groups in total. The number of hydrogen-bond donors (Lipinski definition) is 3. The summed E-state index contributed by atoms with van der Waals surface area (Å²) in [6.45, 7) is 14.4. The zero-order valence-corrected chi connectivity index (χ0v) is 19.5. The van der Waals surface area contributed by atoms with Crippen LogP contribution in [0.3, 0.4) is 0 Å². The van der Waals surface area contributed by atoms with Gasteiger partial charge in [-0.05, 0) is 30.4 Å². The number of hydrogen-bond acceptors (Lipinski definition) is 5. The Labute approximate surface area is 179 Å². The molecule has 0 amide bonds. The molecule has 3 rings (SSSR count). The van der Waals surface area contributed by atoms with Gasteiger partial charge in [0.05, 0.1) is 0 Å². The van der Waals surface area contributed by atoms with Gasteiger partial charge in [0.1, 0.15) is 11.3 Å². The fourth-order valence-corrected chi connectivity index (χ4v) is 3.37. The van der Waals surface area contributed by atoms with Gasteiger partial charge >= 0.3 is 0 Å². The van der Waals surface area contributed by atoms with Crippen molar-refractivity contribution in [3.63, 3.8) is 0 Å². The lowest BCUT2D eigenvalue weighted by Gasteiger charge is -2.20. The number of nitrogens with one attached hydrogen (secondary N) is 3. The van der Waals surface area contributed by atoms with Crippen LogP contribution in [-0.4, -0.2) is 11.7 Å². The highest BCUT2D eigenvalue weighted by molar-refractivity contribution is 8.04. The standard InChI is InChI=1S/C18H22ClN3OS.2C2H6/c1-18(2,3)15-11-20-16(23-15)8-7-14-10-21-17(24-14)22-13-6-4-5-12(19)9-13;2*1-2/h4-11,16-17,20-22H,1-3H3;2*1-2H3/b8-7+;;. The molecule has 0 radical (unpaired) electrons. The van der Waals surface area contributed by atoms with Crippen LogP contribution >= 0.6 is 23.4 Å². The molecule has 2 heterocycles. The number of allylic oxidation sites excluding steroid dienone is 2. The summed E-state index contributed by atoms with van der Waals surface area (Å²) in [5.74, 6) is 0.976. The SMILES string of the molecule is CC.CC.CC(C)(C)C1=CNC(/C=C/C2=CNC(Nc3cccc(Cl)c3)S2)O1. The smallest absolute Gasteiger partial charge is 0.189 e. The number of anilines is 1. The number of thioether (sulfide) groups is 1. The van der Waals surface area contributed by atoms with Crippen molar-refractivity contribution in [3.8, 4) is 0 Å². The van der Waals surface area contributed by atoms with Gasteiger partial charge in [-0.15, -0.1) is 0 Å². The zero-order valence-electron chi connectivity index (χ0n) is 18.0. The predicted molar refractivity (Wildman–Crippen MR) is 125 cm³/mol. The molecule has 6 heteroatoms. The molecule has 0 saturated carbocycles. The molecule has 0 spiro atoms. The fraction of sp³-hybridized carbons (Fsp3) is 0.455. The van der Waals surface area contributed by atoms with Crippen LogP contribution in [0.25, 0.3) is 0 Å². The van der Waals surface area contributed by atoms with Crippen molar-refractivity contribution in [3.05, 3.63) is 64.5 Å². The van der Waals surface area contributed by atoms with Crippen LogP contribution in [0.5, 0.6) is 0 Å². The van der Waals surface area contributed by atoms with E-state index in [4.69, 9.17) is 16.3 Å². The summed E-state index contributed by atoms with van der Waals surface area (Å²) in [4.78, 5) is 1.14. The minimum Gasteiger partial charge on any atom is -0.469 e. The van der Waals surface area contributed by atoms with Crippen LogP contribution in [0, 0.1) is 5.41 Å². The van der Waals surface area contributed by atoms with E-state index in [0.29, 0.717) is 0 Å². The third-order valence-electron chi connectivity index (χ3n) is 3.56. The molecule has 0 aliphatic carbocycles. The van der Waals surface area contributed by atoms with Gasteiger partial charge in [-0.25, -0.2) is 0 Å². The van der Waals surface area contributed by atoms with Crippen LogP contribution in [0.4, 0.5) is 5.69 Å². The summed E-state index contributed by atoms with van der Waals surface area (Å²) in [5, 5.41) is 10.7. The molecule has 0 aromatic heterocycles. The lowest BCUT2D eigenvalue weighted by Crippen LogP contribution is -2.25. The van der Waals surface area contributed by atoms with E-state index < -0.39 is 0 Å². The molecule has 2 unspecified atom stereocenters. The Hall–Kier alpha value is -1.72. The number of benzene rings is 1. The van der Waals surface area contributed by atoms with Gasteiger partial charge in [-0.3, -0.25) is 0 Å². The average molecular weight is 424 g/mol. The Morgan fingerprint density at radius 2 is 1.82 bits per heavy atom. The van der Waals surface area contributed by atoms with E-state index in [1.807, 2.05) is 70.4 Å². The van der Waals surface area contributed by atoms with Crippen LogP contribution in [0.2, 0.25) is 5.02 Å². The van der Waals surface area contributed by atoms with Gasteiger partial charge in [-0.1, -0.05) is 77.9 Å². The maximum atomic E-state index is 6.01. The van der Waals surface area contributed by atoms with Gasteiger partial charge in [0.25, 0.3) is 0 Å². The lowest BCUT2D eigenvalue weighted by molar-refractivity contribution is 0.123. The van der Waals surface area contributed by atoms with Gasteiger partial charge in [0.15, 0.2) is 6.23 Å². The molecule has 156 valence electrons. The summed E-state index contributed by atoms with van der Waals surface area (Å²) in [6, 6.07) is 7.70. The van der Waals surface area contributed by atoms with E-state index in [9.17, 15) is 0 Å². The first-order chi connectivity index (χ1) is 13.4. The fourth-order valence-electron chi connectivity index (χ4n) is 2.28. The minimum absolute atomic E-state index is 0.0183. The highest BCUT2D eigenvalue weighted by Crippen LogP contribution is 2.31. The monoisotopic (exact) mass is 423 g/mol. The highest BCUT2D eigenvalue weighted by Gasteiger charge is 2.25. The van der Waals surface area contributed by atoms with Crippen molar-refractivity contribution in [2.75, 3.05) is 5.32 Å². The maximum absolute atomic E-state index is 6.01. The van der Waals surface area contributed by atoms with Crippen LogP contribution in [0.15, 0.2) is 59.5 Å². The Bertz CT molecular complexity index is 695. The van der Waals surface area contributed by atoms with Gasteiger partial charge in [-0.2, -0.15) is 0 Å². The first kappa shape index (κ1) is 24.3. The topological polar surface area (TPSA) is 45.3 Å². The number of rotatable bonds is 4. The van der Waals surface area contributed by atoms with Crippen molar-refractivity contribution in [1.82, 2.24) is 10.6 Å². The predicted octanol–water partition coefficient (Wildman–Crippen LogP) is 6.66. The minimum atomic E-state index is -0.110. The molecule has 0 bridgehead atoms. The first-order valence-corrected chi connectivity index (χ1v) is 11.1. The molecule has 28 heavy (non-hydrogen) atoms. The van der Waals surface area contributed by atoms with E-state index in [1.165, 1.54) is 0 Å². The first-order valence-electron chi connectivity index (χ1n) is 9.87. The summed E-state index contributed by atoms with van der Waals surface area (Å²) in [5.41, 5.74) is 1.10. The van der Waals surface area contributed by atoms with E-state index in [-0.39, 0.29) is 17.1 Å². The Balaban J connectivity index is 0.000000921. The third kappa shape index (κ3) is 7.72. The Morgan fingerprint density at radius 1 is 1.11 bits per heavy atom. The van der Waals surface area contributed by atoms with Crippen LogP contribution in [0.1, 0.15) is 48.5 Å². The van der Waals surface area contributed by atoms with Crippen molar-refractivity contribution in [1.29, 1.82) is 0 Å². The van der Waals surface area contributed by atoms with Gasteiger partial charge < -0.3 is 20.7 Å². The summed E-state index contributed by atoms with van der Waals surface area (Å²) in [6.07, 6.45) is 7.93. The third-order valence-corrected chi connectivity index (χ3v) is 4.81. The molecular formula is C22H34ClN3OS. The van der Waals surface area contributed by atoms with Crippen LogP contribution < -0.4 is 16.0 Å². The molecule has 1 aromatic carbocycles. The largest absolute Gasteiger partial charge is 0.469 e. The normalized spacial score (nSPS) is 20.4. The maximum Gasteiger partial charge on any atom is 0.189 e. The van der Waals surface area contributed by atoms with E-state index in [2.05, 4.69) is 42.8 Å². The summed E-state index contributed by atoms with van der Waals surface area (Å²) >= 11 is 7.72. The van der Waals surface area contributed by atoms with Gasteiger partial charge in [0, 0.05) is 33.4 Å². The molecule has 1 aromatic rings. The molecule has 2 aliphatic heterocycles. The van der Waals surface area contributed by atoms with Crippen molar-refractivity contribution >= 4 is 29.1 Å². The van der Waals surface area contributed by atoms with Crippen molar-refractivity contribution < 1.29 is 4.74 Å². The molecule has 2 atom stereocenters. The van der Waals surface area contributed by atoms with E-state index in [0.717, 1.165) is 21.4 Å². The molecular weight excluding hydrogens is 390 g/mol. The van der Waals surface area contributed by atoms with Crippen molar-refractivity contribution in [2.45, 2.75) is 60.2 Å². The summed E-state index contributed by atoms with van der Waals surface area (Å²) < 4.78 is 5.90. The average Bonchev–Trinajstić information content (AvgIpc) is 3.32. The van der Waals surface area contributed by atoms with E-state index in [1.54, 1.807) is 11.8 Å². The molecule has 0 fully saturated rings. The quantitative estimate of drug-likeness (QED) is 0.505. The lowest BCUT2D eigenvalue weighted by atomic mass is 9.95. The number of ether oxygens (including phenoxy) is 1. The zero-order chi connectivity index (χ0) is 21.2. The summed E-state index contributed by atoms with van der Waals surface area (Å²) in [7, 11) is 0. The molecule has 0 saturated heterocycles. The Morgan fingerprint density at radius 3 is 2.43 bits per heavy atom. The van der Waals surface area contributed by atoms with E-state index >= 15 is 0 Å². The second-order valence-electron chi connectivity index (χ2n) is 6.69.